The summed E-state index contributed by atoms with van der Waals surface area (Å²) in [6, 6.07) is 72.0. The van der Waals surface area contributed by atoms with Gasteiger partial charge in [-0.3, -0.25) is 0 Å². The van der Waals surface area contributed by atoms with Gasteiger partial charge in [-0.2, -0.15) is 0 Å². The minimum atomic E-state index is -3.68. The summed E-state index contributed by atoms with van der Waals surface area (Å²) in [5.41, 5.74) is 10.3. The van der Waals surface area contributed by atoms with Crippen molar-refractivity contribution in [2.75, 3.05) is 0 Å². The molecule has 266 valence electrons. The molecular formula is C52H33GeN3O. The molecule has 1 aliphatic heterocycles. The third kappa shape index (κ3) is 4.56. The fourth-order valence-electron chi connectivity index (χ4n) is 9.62. The summed E-state index contributed by atoms with van der Waals surface area (Å²) in [7, 11) is 0. The number of aromatic nitrogens is 3. The minimum absolute atomic E-state index is 0.707. The van der Waals surface area contributed by atoms with Crippen LogP contribution in [0.3, 0.4) is 0 Å². The summed E-state index contributed by atoms with van der Waals surface area (Å²) in [5, 5.41) is 4.61. The Bertz CT molecular complexity index is 3310. The van der Waals surface area contributed by atoms with Crippen LogP contribution in [0.2, 0.25) is 0 Å². The van der Waals surface area contributed by atoms with Crippen molar-refractivity contribution in [3.8, 4) is 39.6 Å². The molecule has 0 atom stereocenters. The van der Waals surface area contributed by atoms with Crippen LogP contribution in [-0.2, 0) is 0 Å². The Labute approximate surface area is 331 Å². The van der Waals surface area contributed by atoms with E-state index in [0.717, 1.165) is 61.2 Å². The molecule has 0 amide bonds. The second-order valence-corrected chi connectivity index (χ2v) is 22.6. The van der Waals surface area contributed by atoms with Gasteiger partial charge in [-0.1, -0.05) is 12.1 Å². The standard InChI is InChI=1S/C52H33GeN3O/c1-4-18-34(19-5-1)50-49-51(37-24-10-14-28-41(37)53(49,35-20-6-2-7-21-35)36-22-8-3-9-23-36)55-52(54-50)39-26-12-16-30-43(39)56-42-29-15-11-25-38(42)47-44(56)32-33-46-48(47)40-27-13-17-31-45(40)57-46/h1-33H. The van der Waals surface area contributed by atoms with Crippen molar-refractivity contribution in [1.82, 2.24) is 14.5 Å². The molecule has 11 aromatic rings. The quantitative estimate of drug-likeness (QED) is 0.163. The first kappa shape index (κ1) is 32.2. The molecule has 12 rings (SSSR count). The van der Waals surface area contributed by atoms with Crippen molar-refractivity contribution in [2.45, 2.75) is 0 Å². The number of para-hydroxylation sites is 3. The first-order valence-corrected chi connectivity index (χ1v) is 23.6. The molecule has 8 aromatic carbocycles. The molecule has 5 heteroatoms. The van der Waals surface area contributed by atoms with Crippen molar-refractivity contribution in [1.29, 1.82) is 0 Å². The molecule has 0 radical (unpaired) electrons. The van der Waals surface area contributed by atoms with E-state index in [4.69, 9.17) is 14.4 Å². The first-order chi connectivity index (χ1) is 28.3. The van der Waals surface area contributed by atoms with Gasteiger partial charge in [0.15, 0.2) is 0 Å². The molecule has 0 N–H and O–H groups in total. The van der Waals surface area contributed by atoms with Crippen LogP contribution in [-0.4, -0.2) is 27.8 Å². The van der Waals surface area contributed by atoms with Crippen LogP contribution in [0.1, 0.15) is 0 Å². The number of rotatable bonds is 5. The van der Waals surface area contributed by atoms with Crippen molar-refractivity contribution in [3.05, 3.63) is 200 Å². The number of hydrogen-bond acceptors (Lipinski definition) is 3. The van der Waals surface area contributed by atoms with Crippen molar-refractivity contribution in [2.24, 2.45) is 0 Å². The Hall–Kier alpha value is -7.02. The molecule has 0 aliphatic carbocycles. The zero-order valence-corrected chi connectivity index (χ0v) is 32.9. The van der Waals surface area contributed by atoms with E-state index in [0.29, 0.717) is 5.82 Å². The third-order valence-corrected chi connectivity index (χ3v) is 22.1. The molecule has 3 aromatic heterocycles. The molecular weight excluding hydrogens is 755 g/mol. The number of nitrogens with zero attached hydrogens (tertiary/aromatic N) is 3. The average molecular weight is 788 g/mol. The van der Waals surface area contributed by atoms with E-state index in [1.165, 1.54) is 33.9 Å². The monoisotopic (exact) mass is 789 g/mol. The fourth-order valence-corrected chi connectivity index (χ4v) is 20.6. The van der Waals surface area contributed by atoms with Gasteiger partial charge in [0.25, 0.3) is 0 Å². The molecule has 0 unspecified atom stereocenters. The average Bonchev–Trinajstić information content (AvgIpc) is 3.93. The van der Waals surface area contributed by atoms with Gasteiger partial charge in [-0.25, -0.2) is 0 Å². The van der Waals surface area contributed by atoms with E-state index >= 15 is 0 Å². The normalized spacial score (nSPS) is 13.1. The van der Waals surface area contributed by atoms with Crippen LogP contribution < -0.4 is 17.6 Å². The summed E-state index contributed by atoms with van der Waals surface area (Å²) in [5.74, 6) is 0.707. The Balaban J connectivity index is 1.19. The summed E-state index contributed by atoms with van der Waals surface area (Å²) in [6.07, 6.45) is 0. The van der Waals surface area contributed by atoms with Gasteiger partial charge in [-0.05, 0) is 6.07 Å². The number of hydrogen-bond donors (Lipinski definition) is 0. The predicted octanol–water partition coefficient (Wildman–Crippen LogP) is 10.2. The molecule has 4 nitrogen and oxygen atoms in total. The molecule has 0 saturated heterocycles. The molecule has 0 saturated carbocycles. The topological polar surface area (TPSA) is 43.9 Å². The van der Waals surface area contributed by atoms with Crippen LogP contribution in [0.25, 0.3) is 83.3 Å². The van der Waals surface area contributed by atoms with Gasteiger partial charge in [-0.15, -0.1) is 0 Å². The molecule has 1 aliphatic rings. The Kier molecular flexibility index (Phi) is 7.07. The van der Waals surface area contributed by atoms with Crippen LogP contribution in [0.15, 0.2) is 205 Å². The van der Waals surface area contributed by atoms with E-state index in [1.807, 2.05) is 6.07 Å². The molecule has 57 heavy (non-hydrogen) atoms. The van der Waals surface area contributed by atoms with Gasteiger partial charge in [0.05, 0.1) is 0 Å². The zero-order valence-electron chi connectivity index (χ0n) is 30.8. The van der Waals surface area contributed by atoms with Crippen molar-refractivity contribution >= 4 is 74.6 Å². The van der Waals surface area contributed by atoms with Gasteiger partial charge in [0.2, 0.25) is 0 Å². The molecule has 4 heterocycles. The van der Waals surface area contributed by atoms with Crippen LogP contribution >= 0.6 is 0 Å². The second kappa shape index (κ2) is 12.5. The van der Waals surface area contributed by atoms with E-state index in [2.05, 4.69) is 199 Å². The summed E-state index contributed by atoms with van der Waals surface area (Å²) >= 11 is -3.68. The number of furan rings is 1. The predicted molar refractivity (Wildman–Crippen MR) is 237 cm³/mol. The number of fused-ring (bicyclic) bond motifs is 10. The third-order valence-electron chi connectivity index (χ3n) is 11.9. The van der Waals surface area contributed by atoms with E-state index < -0.39 is 13.3 Å². The Morgan fingerprint density at radius 3 is 1.79 bits per heavy atom. The van der Waals surface area contributed by atoms with Gasteiger partial charge < -0.3 is 0 Å². The van der Waals surface area contributed by atoms with Crippen molar-refractivity contribution in [3.63, 3.8) is 0 Å². The summed E-state index contributed by atoms with van der Waals surface area (Å²) < 4.78 is 14.2. The Morgan fingerprint density at radius 2 is 1.02 bits per heavy atom. The first-order valence-electron chi connectivity index (χ1n) is 19.4. The fraction of sp³-hybridized carbons (Fsp3) is 0. The SMILES string of the molecule is c1ccc(-c2nc(-c3ccccc3-n3c4ccccc4c4c5c(ccc43)oc3ccccc35)nc3[c]2[Ge]([c]2ccccc2)([c]2ccccc2)[c]2ccccc2-3)cc1. The Morgan fingerprint density at radius 1 is 0.421 bits per heavy atom. The summed E-state index contributed by atoms with van der Waals surface area (Å²) in [6.45, 7) is 0. The number of benzene rings is 8. The zero-order chi connectivity index (χ0) is 37.5. The van der Waals surface area contributed by atoms with Gasteiger partial charge in [0, 0.05) is 0 Å². The van der Waals surface area contributed by atoms with E-state index in [9.17, 15) is 0 Å². The van der Waals surface area contributed by atoms with Crippen LogP contribution in [0.4, 0.5) is 0 Å². The molecule has 0 fully saturated rings. The maximum absolute atomic E-state index is 6.40. The van der Waals surface area contributed by atoms with Crippen LogP contribution in [0.5, 0.6) is 0 Å². The van der Waals surface area contributed by atoms with Gasteiger partial charge >= 0.3 is 315 Å². The maximum atomic E-state index is 6.40. The van der Waals surface area contributed by atoms with Gasteiger partial charge in [0.1, 0.15) is 0 Å². The van der Waals surface area contributed by atoms with Crippen molar-refractivity contribution < 1.29 is 4.42 Å². The van der Waals surface area contributed by atoms with E-state index in [-0.39, 0.29) is 0 Å². The van der Waals surface area contributed by atoms with Crippen LogP contribution in [0, 0.1) is 0 Å². The summed E-state index contributed by atoms with van der Waals surface area (Å²) in [4.78, 5) is 11.5. The molecule has 0 spiro atoms. The second-order valence-electron chi connectivity index (χ2n) is 14.8. The molecule has 0 bridgehead atoms. The van der Waals surface area contributed by atoms with E-state index in [1.54, 1.807) is 0 Å².